The van der Waals surface area contributed by atoms with Crippen LogP contribution in [0.4, 0.5) is 0 Å². The molecule has 1 heterocycles. The van der Waals surface area contributed by atoms with Gasteiger partial charge < -0.3 is 10.4 Å². The highest BCUT2D eigenvalue weighted by atomic mass is 16.3. The highest BCUT2D eigenvalue weighted by molar-refractivity contribution is 5.99. The molecule has 3 N–H and O–H groups in total. The maximum atomic E-state index is 11.9. The summed E-state index contributed by atoms with van der Waals surface area (Å²) >= 11 is 0. The molecule has 0 radical (unpaired) electrons. The first-order chi connectivity index (χ1) is 9.70. The summed E-state index contributed by atoms with van der Waals surface area (Å²) in [5.41, 5.74) is 2.81. The smallest absolute Gasteiger partial charge is 0.263 e. The van der Waals surface area contributed by atoms with E-state index in [9.17, 15) is 14.7 Å². The van der Waals surface area contributed by atoms with Crippen molar-refractivity contribution >= 4 is 11.8 Å². The van der Waals surface area contributed by atoms with Gasteiger partial charge in [0.25, 0.3) is 11.8 Å². The first-order valence-corrected chi connectivity index (χ1v) is 5.83. The predicted molar refractivity (Wildman–Crippen MR) is 69.2 cm³/mol. The lowest BCUT2D eigenvalue weighted by molar-refractivity contribution is -0.119. The molecule has 0 aliphatic heterocycles. The Morgan fingerprint density at radius 2 is 1.85 bits per heavy atom. The second-order valence-corrected chi connectivity index (χ2v) is 3.92. The normalized spacial score (nSPS) is 11.7. The van der Waals surface area contributed by atoms with Gasteiger partial charge >= 0.3 is 0 Å². The van der Waals surface area contributed by atoms with Crippen molar-refractivity contribution in [1.29, 1.82) is 0 Å². The van der Waals surface area contributed by atoms with Gasteiger partial charge in [-0.3, -0.25) is 15.0 Å². The number of hydrogen-bond acceptors (Lipinski definition) is 5. The van der Waals surface area contributed by atoms with Crippen molar-refractivity contribution in [3.8, 4) is 0 Å². The zero-order valence-electron chi connectivity index (χ0n) is 10.4. The van der Waals surface area contributed by atoms with Crippen molar-refractivity contribution < 1.29 is 14.7 Å². The Kier molecular flexibility index (Phi) is 4.40. The molecule has 2 rings (SSSR count). The minimum atomic E-state index is -1.06. The molecule has 0 fully saturated rings. The molecule has 0 spiro atoms. The first-order valence-electron chi connectivity index (χ1n) is 5.83. The summed E-state index contributed by atoms with van der Waals surface area (Å²) in [6.45, 7) is -0.521. The fraction of sp³-hybridized carbons (Fsp3) is 0.167. The van der Waals surface area contributed by atoms with Gasteiger partial charge in [-0.25, -0.2) is 4.68 Å². The largest absolute Gasteiger partial charge is 0.394 e. The summed E-state index contributed by atoms with van der Waals surface area (Å²) in [4.78, 5) is 23.7. The summed E-state index contributed by atoms with van der Waals surface area (Å²) in [6, 6.07) is 7.35. The minimum absolute atomic E-state index is 0.406. The number of amides is 2. The molecule has 1 unspecified atom stereocenters. The van der Waals surface area contributed by atoms with Crippen LogP contribution in [0.5, 0.6) is 0 Å². The molecule has 104 valence electrons. The first kappa shape index (κ1) is 13.7. The Hall–Kier alpha value is -2.74. The summed E-state index contributed by atoms with van der Waals surface area (Å²) in [5.74, 6) is -1.01. The number of carbonyl (C=O) groups excluding carboxylic acids is 2. The second kappa shape index (κ2) is 6.43. The maximum absolute atomic E-state index is 11.9. The van der Waals surface area contributed by atoms with Crippen LogP contribution in [0.15, 0.2) is 43.0 Å². The molecule has 0 bridgehead atoms. The van der Waals surface area contributed by atoms with Crippen molar-refractivity contribution in [1.82, 2.24) is 20.2 Å². The highest BCUT2D eigenvalue weighted by Crippen LogP contribution is 1.99. The second-order valence-electron chi connectivity index (χ2n) is 3.92. The van der Waals surface area contributed by atoms with E-state index in [-0.39, 0.29) is 0 Å². The van der Waals surface area contributed by atoms with Gasteiger partial charge in [-0.1, -0.05) is 18.2 Å². The van der Waals surface area contributed by atoms with Crippen LogP contribution in [0.25, 0.3) is 0 Å². The molecule has 1 atom stereocenters. The molecule has 0 aliphatic carbocycles. The quantitative estimate of drug-likeness (QED) is 0.658. The van der Waals surface area contributed by atoms with Crippen LogP contribution in [0.2, 0.25) is 0 Å². The molecule has 1 aromatic carbocycles. The third-order valence-corrected chi connectivity index (χ3v) is 2.50. The molecular formula is C12H13N5O3. The van der Waals surface area contributed by atoms with Crippen LogP contribution in [0, 0.1) is 0 Å². The molecular weight excluding hydrogens is 262 g/mol. The number of carbonyl (C=O) groups is 2. The number of aliphatic hydroxyl groups excluding tert-OH is 1. The summed E-state index contributed by atoms with van der Waals surface area (Å²) in [7, 11) is 0. The van der Waals surface area contributed by atoms with Gasteiger partial charge in [-0.05, 0) is 12.1 Å². The third-order valence-electron chi connectivity index (χ3n) is 2.50. The van der Waals surface area contributed by atoms with E-state index >= 15 is 0 Å². The molecule has 2 aromatic rings. The van der Waals surface area contributed by atoms with E-state index < -0.39 is 24.5 Å². The van der Waals surface area contributed by atoms with Gasteiger partial charge in [0.15, 0.2) is 0 Å². The number of benzene rings is 1. The molecule has 1 aromatic heterocycles. The topological polar surface area (TPSA) is 109 Å². The van der Waals surface area contributed by atoms with Gasteiger partial charge in [-0.2, -0.15) is 0 Å². The van der Waals surface area contributed by atoms with E-state index in [1.807, 2.05) is 0 Å². The molecule has 20 heavy (non-hydrogen) atoms. The predicted octanol–water partition coefficient (Wildman–Crippen LogP) is -0.861. The average Bonchev–Trinajstić information content (AvgIpc) is 2.98. The lowest BCUT2D eigenvalue weighted by atomic mass is 10.2. The van der Waals surface area contributed by atoms with Crippen LogP contribution < -0.4 is 10.7 Å². The van der Waals surface area contributed by atoms with Gasteiger partial charge in [0.05, 0.1) is 6.61 Å². The van der Waals surface area contributed by atoms with E-state index in [0.29, 0.717) is 5.56 Å². The fourth-order valence-corrected chi connectivity index (χ4v) is 1.49. The Morgan fingerprint density at radius 3 is 2.45 bits per heavy atom. The van der Waals surface area contributed by atoms with Crippen LogP contribution in [0.3, 0.4) is 0 Å². The number of nitrogens with zero attached hydrogens (tertiary/aromatic N) is 3. The summed E-state index contributed by atoms with van der Waals surface area (Å²) in [5, 5.41) is 18.7. The number of aromatic nitrogens is 3. The maximum Gasteiger partial charge on any atom is 0.263 e. The van der Waals surface area contributed by atoms with E-state index in [2.05, 4.69) is 20.9 Å². The monoisotopic (exact) mass is 275 g/mol. The molecule has 0 saturated heterocycles. The van der Waals surface area contributed by atoms with Crippen molar-refractivity contribution in [3.05, 3.63) is 48.5 Å². The standard InChI is InChI=1S/C12H13N5O3/c18-6-10(12(20)16-17-7-13-14-8-17)15-11(19)9-4-2-1-3-5-9/h1-5,7-8,10,18H,6H2,(H,15,19)(H,16,20). The number of nitrogens with one attached hydrogen (secondary N) is 2. The van der Waals surface area contributed by atoms with Gasteiger partial charge in [-0.15, -0.1) is 10.2 Å². The van der Waals surface area contributed by atoms with Gasteiger partial charge in [0.2, 0.25) is 0 Å². The van der Waals surface area contributed by atoms with Crippen molar-refractivity contribution in [2.75, 3.05) is 12.0 Å². The molecule has 8 heteroatoms. The Bertz CT molecular complexity index is 570. The Morgan fingerprint density at radius 1 is 1.20 bits per heavy atom. The lowest BCUT2D eigenvalue weighted by Gasteiger charge is -2.16. The van der Waals surface area contributed by atoms with Gasteiger partial charge in [0, 0.05) is 5.56 Å². The van der Waals surface area contributed by atoms with E-state index in [1.54, 1.807) is 30.3 Å². The third kappa shape index (κ3) is 3.39. The van der Waals surface area contributed by atoms with E-state index in [0.717, 1.165) is 0 Å². The molecule has 0 saturated carbocycles. The number of hydrogen-bond donors (Lipinski definition) is 3. The van der Waals surface area contributed by atoms with E-state index in [1.165, 1.54) is 17.3 Å². The number of rotatable bonds is 5. The van der Waals surface area contributed by atoms with Crippen molar-refractivity contribution in [3.63, 3.8) is 0 Å². The van der Waals surface area contributed by atoms with Crippen LogP contribution in [-0.2, 0) is 4.79 Å². The van der Waals surface area contributed by atoms with Crippen LogP contribution in [-0.4, -0.2) is 44.4 Å². The van der Waals surface area contributed by atoms with E-state index in [4.69, 9.17) is 0 Å². The average molecular weight is 275 g/mol. The fourth-order valence-electron chi connectivity index (χ4n) is 1.49. The Balaban J connectivity index is 1.98. The molecule has 0 aliphatic rings. The lowest BCUT2D eigenvalue weighted by Crippen LogP contribution is -2.47. The number of aliphatic hydroxyl groups is 1. The Labute approximate surface area is 114 Å². The minimum Gasteiger partial charge on any atom is -0.394 e. The molecule has 8 nitrogen and oxygen atoms in total. The zero-order valence-corrected chi connectivity index (χ0v) is 10.4. The van der Waals surface area contributed by atoms with Crippen LogP contribution >= 0.6 is 0 Å². The van der Waals surface area contributed by atoms with Crippen molar-refractivity contribution in [2.24, 2.45) is 0 Å². The highest BCUT2D eigenvalue weighted by Gasteiger charge is 2.20. The SMILES string of the molecule is O=C(NC(CO)C(=O)Nn1cnnc1)c1ccccc1. The summed E-state index contributed by atoms with van der Waals surface area (Å²) < 4.78 is 1.22. The summed E-state index contributed by atoms with van der Waals surface area (Å²) in [6.07, 6.45) is 2.57. The van der Waals surface area contributed by atoms with Gasteiger partial charge in [0.1, 0.15) is 18.7 Å². The zero-order chi connectivity index (χ0) is 14.4. The van der Waals surface area contributed by atoms with Crippen LogP contribution in [0.1, 0.15) is 10.4 Å². The molecule has 2 amide bonds. The van der Waals surface area contributed by atoms with Crippen molar-refractivity contribution in [2.45, 2.75) is 6.04 Å².